The molecule has 3 nitrogen and oxygen atoms in total. The molecule has 0 spiro atoms. The first-order valence-corrected chi connectivity index (χ1v) is 7.11. The van der Waals surface area contributed by atoms with Crippen molar-refractivity contribution < 1.29 is 4.79 Å². The molecule has 2 aromatic carbocycles. The van der Waals surface area contributed by atoms with E-state index < -0.39 is 0 Å². The number of aromatic amines is 1. The summed E-state index contributed by atoms with van der Waals surface area (Å²) >= 11 is 0. The molecule has 3 aromatic rings. The summed E-state index contributed by atoms with van der Waals surface area (Å²) in [5, 5.41) is 4.18. The Morgan fingerprint density at radius 1 is 1.05 bits per heavy atom. The Hall–Kier alpha value is -2.55. The van der Waals surface area contributed by atoms with Crippen molar-refractivity contribution in [2.45, 2.75) is 19.9 Å². The van der Waals surface area contributed by atoms with Crippen LogP contribution in [0.3, 0.4) is 0 Å². The van der Waals surface area contributed by atoms with E-state index in [9.17, 15) is 4.79 Å². The fourth-order valence-corrected chi connectivity index (χ4v) is 2.59. The third-order valence-corrected chi connectivity index (χ3v) is 3.70. The summed E-state index contributed by atoms with van der Waals surface area (Å²) in [6.45, 7) is 2.60. The molecule has 0 radical (unpaired) electrons. The minimum absolute atomic E-state index is 0.0471. The van der Waals surface area contributed by atoms with Gasteiger partial charge in [0.1, 0.15) is 0 Å². The second kappa shape index (κ2) is 5.83. The lowest BCUT2D eigenvalue weighted by Crippen LogP contribution is -2.24. The summed E-state index contributed by atoms with van der Waals surface area (Å²) in [5.41, 5.74) is 4.41. The number of benzene rings is 2. The first kappa shape index (κ1) is 13.4. The lowest BCUT2D eigenvalue weighted by atomic mass is 10.1. The van der Waals surface area contributed by atoms with E-state index in [4.69, 9.17) is 0 Å². The third-order valence-electron chi connectivity index (χ3n) is 3.70. The first-order chi connectivity index (χ1) is 10.2. The van der Waals surface area contributed by atoms with E-state index in [1.54, 1.807) is 0 Å². The van der Waals surface area contributed by atoms with E-state index in [-0.39, 0.29) is 5.91 Å². The molecule has 0 saturated carbocycles. The zero-order valence-corrected chi connectivity index (χ0v) is 12.0. The summed E-state index contributed by atoms with van der Waals surface area (Å²) in [6.07, 6.45) is 0.419. The Morgan fingerprint density at radius 3 is 2.57 bits per heavy atom. The van der Waals surface area contributed by atoms with Crippen molar-refractivity contribution in [2.75, 3.05) is 0 Å². The average molecular weight is 278 g/mol. The van der Waals surface area contributed by atoms with Crippen LogP contribution >= 0.6 is 0 Å². The van der Waals surface area contributed by atoms with Crippen LogP contribution in [0.1, 0.15) is 16.8 Å². The number of rotatable bonds is 4. The molecule has 21 heavy (non-hydrogen) atoms. The molecule has 1 amide bonds. The standard InChI is InChI=1S/C18H18N2O/c1-13-16(15-9-5-6-10-17(15)20-13)12-19-18(21)11-14-7-3-2-4-8-14/h2-10,20H,11-12H2,1H3,(H,19,21). The molecule has 1 heterocycles. The molecular weight excluding hydrogens is 260 g/mol. The predicted molar refractivity (Wildman–Crippen MR) is 85.0 cm³/mol. The lowest BCUT2D eigenvalue weighted by molar-refractivity contribution is -0.120. The molecule has 0 unspecified atom stereocenters. The van der Waals surface area contributed by atoms with Crippen molar-refractivity contribution in [1.82, 2.24) is 10.3 Å². The maximum absolute atomic E-state index is 12.0. The van der Waals surface area contributed by atoms with Crippen LogP contribution < -0.4 is 5.32 Å². The number of carbonyl (C=O) groups excluding carboxylic acids is 1. The molecule has 1 aromatic heterocycles. The molecule has 0 aliphatic rings. The fourth-order valence-electron chi connectivity index (χ4n) is 2.59. The van der Waals surface area contributed by atoms with Gasteiger partial charge >= 0.3 is 0 Å². The molecule has 0 fully saturated rings. The highest BCUT2D eigenvalue weighted by Gasteiger charge is 2.09. The maximum Gasteiger partial charge on any atom is 0.224 e. The van der Waals surface area contributed by atoms with Crippen LogP contribution in [0.15, 0.2) is 54.6 Å². The van der Waals surface area contributed by atoms with Gasteiger partial charge in [0.15, 0.2) is 0 Å². The highest BCUT2D eigenvalue weighted by atomic mass is 16.1. The van der Waals surface area contributed by atoms with Gasteiger partial charge in [0.2, 0.25) is 5.91 Å². The number of carbonyl (C=O) groups is 1. The van der Waals surface area contributed by atoms with Crippen LogP contribution in [0, 0.1) is 6.92 Å². The van der Waals surface area contributed by atoms with Crippen LogP contribution in [0.25, 0.3) is 10.9 Å². The molecule has 3 rings (SSSR count). The van der Waals surface area contributed by atoms with Gasteiger partial charge in [0.05, 0.1) is 6.42 Å². The SMILES string of the molecule is Cc1[nH]c2ccccc2c1CNC(=O)Cc1ccccc1. The van der Waals surface area contributed by atoms with Gasteiger partial charge in [-0.1, -0.05) is 48.5 Å². The molecule has 0 aliphatic carbocycles. The number of amides is 1. The second-order valence-corrected chi connectivity index (χ2v) is 5.21. The summed E-state index contributed by atoms with van der Waals surface area (Å²) < 4.78 is 0. The Labute approximate surface area is 124 Å². The van der Waals surface area contributed by atoms with E-state index in [0.29, 0.717) is 13.0 Å². The van der Waals surface area contributed by atoms with Gasteiger partial charge < -0.3 is 10.3 Å². The van der Waals surface area contributed by atoms with E-state index in [2.05, 4.69) is 22.4 Å². The number of hydrogen-bond acceptors (Lipinski definition) is 1. The van der Waals surface area contributed by atoms with Crippen molar-refractivity contribution in [3.8, 4) is 0 Å². The molecular formula is C18H18N2O. The normalized spacial score (nSPS) is 10.7. The van der Waals surface area contributed by atoms with E-state index in [1.165, 1.54) is 5.39 Å². The molecule has 0 aliphatic heterocycles. The molecule has 106 valence electrons. The maximum atomic E-state index is 12.0. The monoisotopic (exact) mass is 278 g/mol. The van der Waals surface area contributed by atoms with Crippen LogP contribution in [-0.2, 0) is 17.8 Å². The summed E-state index contributed by atoms with van der Waals surface area (Å²) in [4.78, 5) is 15.4. The molecule has 0 bridgehead atoms. The number of fused-ring (bicyclic) bond motifs is 1. The van der Waals surface area contributed by atoms with Gasteiger partial charge in [0, 0.05) is 23.1 Å². The minimum atomic E-state index is 0.0471. The van der Waals surface area contributed by atoms with Gasteiger partial charge in [-0.25, -0.2) is 0 Å². The van der Waals surface area contributed by atoms with Crippen molar-refractivity contribution in [3.05, 3.63) is 71.4 Å². The Bertz CT molecular complexity index is 759. The average Bonchev–Trinajstić information content (AvgIpc) is 2.81. The van der Waals surface area contributed by atoms with Gasteiger partial charge in [-0.05, 0) is 24.1 Å². The Balaban J connectivity index is 1.69. The topological polar surface area (TPSA) is 44.9 Å². The van der Waals surface area contributed by atoms with Gasteiger partial charge in [-0.3, -0.25) is 4.79 Å². The quantitative estimate of drug-likeness (QED) is 0.755. The highest BCUT2D eigenvalue weighted by Crippen LogP contribution is 2.21. The zero-order chi connectivity index (χ0) is 14.7. The second-order valence-electron chi connectivity index (χ2n) is 5.21. The van der Waals surface area contributed by atoms with Crippen molar-refractivity contribution >= 4 is 16.8 Å². The van der Waals surface area contributed by atoms with E-state index >= 15 is 0 Å². The van der Waals surface area contributed by atoms with Gasteiger partial charge in [-0.2, -0.15) is 0 Å². The van der Waals surface area contributed by atoms with Gasteiger partial charge in [-0.15, -0.1) is 0 Å². The zero-order valence-electron chi connectivity index (χ0n) is 12.0. The van der Waals surface area contributed by atoms with Crippen molar-refractivity contribution in [1.29, 1.82) is 0 Å². The summed E-state index contributed by atoms with van der Waals surface area (Å²) in [7, 11) is 0. The molecule has 0 atom stereocenters. The number of H-pyrrole nitrogens is 1. The number of aromatic nitrogens is 1. The number of hydrogen-bond donors (Lipinski definition) is 2. The van der Waals surface area contributed by atoms with Gasteiger partial charge in [0.25, 0.3) is 0 Å². The van der Waals surface area contributed by atoms with Crippen LogP contribution in [0.4, 0.5) is 0 Å². The van der Waals surface area contributed by atoms with Crippen LogP contribution in [-0.4, -0.2) is 10.9 Å². The Kier molecular flexibility index (Phi) is 3.73. The fraction of sp³-hybridized carbons (Fsp3) is 0.167. The number of aryl methyl sites for hydroxylation is 1. The van der Waals surface area contributed by atoms with Crippen molar-refractivity contribution in [3.63, 3.8) is 0 Å². The Morgan fingerprint density at radius 2 is 1.76 bits per heavy atom. The number of para-hydroxylation sites is 1. The lowest BCUT2D eigenvalue weighted by Gasteiger charge is -2.06. The summed E-state index contributed by atoms with van der Waals surface area (Å²) in [5.74, 6) is 0.0471. The van der Waals surface area contributed by atoms with Crippen LogP contribution in [0.5, 0.6) is 0 Å². The smallest absolute Gasteiger partial charge is 0.224 e. The van der Waals surface area contributed by atoms with E-state index in [0.717, 1.165) is 22.3 Å². The minimum Gasteiger partial charge on any atom is -0.358 e. The van der Waals surface area contributed by atoms with Crippen LogP contribution in [0.2, 0.25) is 0 Å². The molecule has 3 heteroatoms. The predicted octanol–water partition coefficient (Wildman–Crippen LogP) is 3.34. The molecule has 0 saturated heterocycles. The van der Waals surface area contributed by atoms with Crippen molar-refractivity contribution in [2.24, 2.45) is 0 Å². The first-order valence-electron chi connectivity index (χ1n) is 7.11. The third kappa shape index (κ3) is 2.97. The molecule has 2 N–H and O–H groups in total. The highest BCUT2D eigenvalue weighted by molar-refractivity contribution is 5.85. The number of nitrogens with one attached hydrogen (secondary N) is 2. The largest absolute Gasteiger partial charge is 0.358 e. The van der Waals surface area contributed by atoms with E-state index in [1.807, 2.05) is 49.4 Å². The summed E-state index contributed by atoms with van der Waals surface area (Å²) in [6, 6.07) is 18.0.